The van der Waals surface area contributed by atoms with Gasteiger partial charge in [-0.2, -0.15) is 0 Å². The van der Waals surface area contributed by atoms with E-state index in [0.29, 0.717) is 24.2 Å². The summed E-state index contributed by atoms with van der Waals surface area (Å²) in [6.45, 7) is 6.08. The van der Waals surface area contributed by atoms with Crippen molar-refractivity contribution in [3.05, 3.63) is 17.0 Å². The number of unbranched alkanes of at least 4 members (excludes halogenated alkanes) is 1. The zero-order chi connectivity index (χ0) is 13.2. The molecule has 0 radical (unpaired) electrons. The van der Waals surface area contributed by atoms with Crippen LogP contribution in [0.25, 0.3) is 0 Å². The molecule has 5 heteroatoms. The van der Waals surface area contributed by atoms with Crippen LogP contribution in [-0.4, -0.2) is 29.8 Å². The molecule has 1 rings (SSSR count). The van der Waals surface area contributed by atoms with E-state index in [9.17, 15) is 0 Å². The molecule has 0 aliphatic rings. The maximum Gasteiger partial charge on any atom is 0.221 e. The Morgan fingerprint density at radius 2 is 1.94 bits per heavy atom. The Hall–Kier alpha value is -0.870. The summed E-state index contributed by atoms with van der Waals surface area (Å²) in [7, 11) is 0. The van der Waals surface area contributed by atoms with Gasteiger partial charge < -0.3 is 9.47 Å². The van der Waals surface area contributed by atoms with Gasteiger partial charge in [-0.3, -0.25) is 0 Å². The lowest BCUT2D eigenvalue weighted by Crippen LogP contribution is -2.10. The van der Waals surface area contributed by atoms with Gasteiger partial charge in [0.2, 0.25) is 5.88 Å². The maximum atomic E-state index is 6.03. The van der Waals surface area contributed by atoms with E-state index in [4.69, 9.17) is 21.1 Å². The highest BCUT2D eigenvalue weighted by Gasteiger charge is 2.09. The molecule has 4 nitrogen and oxygen atoms in total. The van der Waals surface area contributed by atoms with Crippen molar-refractivity contribution in [3.8, 4) is 5.88 Å². The van der Waals surface area contributed by atoms with Crippen LogP contribution in [0, 0.1) is 0 Å². The van der Waals surface area contributed by atoms with E-state index in [-0.39, 0.29) is 0 Å². The molecule has 0 bridgehead atoms. The van der Waals surface area contributed by atoms with Crippen molar-refractivity contribution in [1.82, 2.24) is 9.97 Å². The molecule has 0 atom stereocenters. The van der Waals surface area contributed by atoms with Crippen LogP contribution in [0.3, 0.4) is 0 Å². The molecule has 0 aliphatic carbocycles. The minimum Gasteiger partial charge on any atom is -0.475 e. The third-order valence-electron chi connectivity index (χ3n) is 2.46. The molecule has 0 fully saturated rings. The highest BCUT2D eigenvalue weighted by Crippen LogP contribution is 2.23. The van der Waals surface area contributed by atoms with Gasteiger partial charge in [0, 0.05) is 6.61 Å². The Morgan fingerprint density at radius 1 is 1.11 bits per heavy atom. The van der Waals surface area contributed by atoms with Gasteiger partial charge in [0.25, 0.3) is 0 Å². The molecule has 102 valence electrons. The molecule has 18 heavy (non-hydrogen) atoms. The van der Waals surface area contributed by atoms with Gasteiger partial charge in [-0.1, -0.05) is 38.3 Å². The molecule has 0 N–H and O–H groups in total. The summed E-state index contributed by atoms with van der Waals surface area (Å²) in [4.78, 5) is 8.09. The number of ether oxygens (including phenoxy) is 2. The Kier molecular flexibility index (Phi) is 7.69. The molecule has 0 saturated heterocycles. The van der Waals surface area contributed by atoms with Gasteiger partial charge in [-0.05, 0) is 12.8 Å². The second kappa shape index (κ2) is 9.11. The van der Waals surface area contributed by atoms with Gasteiger partial charge >= 0.3 is 0 Å². The molecule has 0 unspecified atom stereocenters. The molecule has 1 heterocycles. The van der Waals surface area contributed by atoms with Gasteiger partial charge in [-0.25, -0.2) is 9.97 Å². The fourth-order valence-electron chi connectivity index (χ4n) is 1.51. The number of nitrogens with zero attached hydrogens (tertiary/aromatic N) is 2. The zero-order valence-electron chi connectivity index (χ0n) is 11.1. The summed E-state index contributed by atoms with van der Waals surface area (Å²) in [5.41, 5.74) is 0.884. The number of aromatic nitrogens is 2. The molecule has 0 spiro atoms. The molecular weight excluding hydrogens is 252 g/mol. The van der Waals surface area contributed by atoms with Crippen molar-refractivity contribution >= 4 is 11.6 Å². The van der Waals surface area contributed by atoms with E-state index in [0.717, 1.165) is 37.9 Å². The summed E-state index contributed by atoms with van der Waals surface area (Å²) >= 11 is 6.03. The Labute approximate surface area is 114 Å². The second-order valence-electron chi connectivity index (χ2n) is 4.01. The average Bonchev–Trinajstić information content (AvgIpc) is 2.37. The lowest BCUT2D eigenvalue weighted by molar-refractivity contribution is 0.0961. The van der Waals surface area contributed by atoms with Crippen LogP contribution < -0.4 is 4.74 Å². The van der Waals surface area contributed by atoms with E-state index < -0.39 is 0 Å². The van der Waals surface area contributed by atoms with Gasteiger partial charge in [0.15, 0.2) is 0 Å². The zero-order valence-corrected chi connectivity index (χ0v) is 11.9. The third-order valence-corrected chi connectivity index (χ3v) is 2.79. The first-order valence-electron chi connectivity index (χ1n) is 6.49. The van der Waals surface area contributed by atoms with Gasteiger partial charge in [0.1, 0.15) is 18.1 Å². The first-order chi connectivity index (χ1) is 8.79. The van der Waals surface area contributed by atoms with Crippen LogP contribution in [0.15, 0.2) is 6.33 Å². The van der Waals surface area contributed by atoms with Crippen molar-refractivity contribution in [2.75, 3.05) is 19.8 Å². The topological polar surface area (TPSA) is 44.2 Å². The molecule has 1 aromatic rings. The molecule has 0 saturated carbocycles. The molecule has 0 aliphatic heterocycles. The van der Waals surface area contributed by atoms with Crippen LogP contribution in [0.5, 0.6) is 5.88 Å². The quantitative estimate of drug-likeness (QED) is 0.511. The number of rotatable bonds is 9. The van der Waals surface area contributed by atoms with Gasteiger partial charge in [0.05, 0.1) is 12.2 Å². The Bertz CT molecular complexity index is 348. The van der Waals surface area contributed by atoms with E-state index in [1.54, 1.807) is 0 Å². The predicted octanol–water partition coefficient (Wildman–Crippen LogP) is 3.28. The monoisotopic (exact) mass is 272 g/mol. The van der Waals surface area contributed by atoms with Crippen LogP contribution in [0.4, 0.5) is 0 Å². The minimum atomic E-state index is 0.480. The standard InChI is InChI=1S/C13H21ClN2O2/c1-3-5-7-17-8-9-18-13-11(6-4-2)12(14)15-10-16-13/h10H,3-9H2,1-2H3. The summed E-state index contributed by atoms with van der Waals surface area (Å²) in [6, 6.07) is 0. The van der Waals surface area contributed by atoms with E-state index in [1.807, 2.05) is 0 Å². The number of halogens is 1. The van der Waals surface area contributed by atoms with Crippen LogP contribution in [0.2, 0.25) is 5.15 Å². The van der Waals surface area contributed by atoms with Crippen molar-refractivity contribution < 1.29 is 9.47 Å². The number of hydrogen-bond donors (Lipinski definition) is 0. The summed E-state index contributed by atoms with van der Waals surface area (Å²) < 4.78 is 11.0. The Morgan fingerprint density at radius 3 is 2.67 bits per heavy atom. The van der Waals surface area contributed by atoms with Crippen molar-refractivity contribution in [1.29, 1.82) is 0 Å². The largest absolute Gasteiger partial charge is 0.475 e. The lowest BCUT2D eigenvalue weighted by atomic mass is 10.2. The van der Waals surface area contributed by atoms with Crippen molar-refractivity contribution in [2.24, 2.45) is 0 Å². The van der Waals surface area contributed by atoms with Crippen LogP contribution in [0.1, 0.15) is 38.7 Å². The first kappa shape index (κ1) is 15.2. The fraction of sp³-hybridized carbons (Fsp3) is 0.692. The molecular formula is C13H21ClN2O2. The van der Waals surface area contributed by atoms with Crippen LogP contribution in [-0.2, 0) is 11.2 Å². The first-order valence-corrected chi connectivity index (χ1v) is 6.87. The maximum absolute atomic E-state index is 6.03. The third kappa shape index (κ3) is 5.19. The summed E-state index contributed by atoms with van der Waals surface area (Å²) in [5.74, 6) is 0.580. The molecule has 0 aromatic carbocycles. The Balaban J connectivity index is 2.39. The summed E-state index contributed by atoms with van der Waals surface area (Å²) in [5, 5.41) is 0.480. The minimum absolute atomic E-state index is 0.480. The highest BCUT2D eigenvalue weighted by atomic mass is 35.5. The van der Waals surface area contributed by atoms with Crippen molar-refractivity contribution in [2.45, 2.75) is 39.5 Å². The molecule has 1 aromatic heterocycles. The fourth-order valence-corrected chi connectivity index (χ4v) is 1.73. The van der Waals surface area contributed by atoms with Crippen LogP contribution >= 0.6 is 11.6 Å². The average molecular weight is 273 g/mol. The number of hydrogen-bond acceptors (Lipinski definition) is 4. The lowest BCUT2D eigenvalue weighted by Gasteiger charge is -2.10. The SMILES string of the molecule is CCCCOCCOc1ncnc(Cl)c1CCC. The van der Waals surface area contributed by atoms with E-state index in [1.165, 1.54) is 6.33 Å². The van der Waals surface area contributed by atoms with Gasteiger partial charge in [-0.15, -0.1) is 0 Å². The predicted molar refractivity (Wildman–Crippen MR) is 72.3 cm³/mol. The van der Waals surface area contributed by atoms with E-state index in [2.05, 4.69) is 23.8 Å². The smallest absolute Gasteiger partial charge is 0.221 e. The molecule has 0 amide bonds. The normalized spacial score (nSPS) is 10.6. The van der Waals surface area contributed by atoms with E-state index >= 15 is 0 Å². The summed E-state index contributed by atoms with van der Waals surface area (Å²) in [6.07, 6.45) is 5.46. The second-order valence-corrected chi connectivity index (χ2v) is 4.37. The van der Waals surface area contributed by atoms with Crippen molar-refractivity contribution in [3.63, 3.8) is 0 Å². The highest BCUT2D eigenvalue weighted by molar-refractivity contribution is 6.30.